The van der Waals surface area contributed by atoms with Crippen LogP contribution in [0.1, 0.15) is 13.8 Å². The second-order valence-electron chi connectivity index (χ2n) is 3.80. The lowest BCUT2D eigenvalue weighted by Gasteiger charge is -2.10. The van der Waals surface area contributed by atoms with E-state index >= 15 is 0 Å². The van der Waals surface area contributed by atoms with Crippen molar-refractivity contribution >= 4 is 22.4 Å². The quantitative estimate of drug-likeness (QED) is 0.731. The summed E-state index contributed by atoms with van der Waals surface area (Å²) in [7, 11) is 0. The Labute approximate surface area is 88.5 Å². The third-order valence-corrected chi connectivity index (χ3v) is 2.09. The van der Waals surface area contributed by atoms with Gasteiger partial charge in [0.25, 0.3) is 0 Å². The topological polar surface area (TPSA) is 63.8 Å². The highest BCUT2D eigenvalue weighted by Crippen LogP contribution is 2.21. The summed E-state index contributed by atoms with van der Waals surface area (Å²) in [6, 6.07) is 6.00. The molecule has 1 aromatic carbocycles. The molecule has 1 heterocycles. The van der Waals surface area contributed by atoms with Gasteiger partial charge >= 0.3 is 0 Å². The minimum absolute atomic E-state index is 0.348. The van der Waals surface area contributed by atoms with Crippen molar-refractivity contribution < 1.29 is 0 Å². The largest absolute Gasteiger partial charge is 0.399 e. The Morgan fingerprint density at radius 2 is 2.07 bits per heavy atom. The summed E-state index contributed by atoms with van der Waals surface area (Å²) in [4.78, 5) is 8.39. The number of hydrogen-bond donors (Lipinski definition) is 2. The highest BCUT2D eigenvalue weighted by atomic mass is 15.0. The maximum atomic E-state index is 5.69. The monoisotopic (exact) mass is 202 g/mol. The van der Waals surface area contributed by atoms with Crippen molar-refractivity contribution in [1.82, 2.24) is 9.97 Å². The minimum Gasteiger partial charge on any atom is -0.399 e. The van der Waals surface area contributed by atoms with Crippen LogP contribution in [-0.2, 0) is 0 Å². The molecule has 0 fully saturated rings. The number of nitrogens with two attached hydrogens (primary N) is 1. The first-order chi connectivity index (χ1) is 7.16. The molecule has 4 heteroatoms. The summed E-state index contributed by atoms with van der Waals surface area (Å²) in [5.74, 6) is 0.856. The van der Waals surface area contributed by atoms with Gasteiger partial charge in [-0.05, 0) is 32.0 Å². The van der Waals surface area contributed by atoms with Crippen LogP contribution in [0, 0.1) is 0 Å². The van der Waals surface area contributed by atoms with E-state index in [9.17, 15) is 0 Å². The van der Waals surface area contributed by atoms with Crippen LogP contribution in [0.2, 0.25) is 0 Å². The Morgan fingerprint density at radius 3 is 2.80 bits per heavy atom. The molecule has 0 saturated heterocycles. The summed E-state index contributed by atoms with van der Waals surface area (Å²) in [6.45, 7) is 4.15. The van der Waals surface area contributed by atoms with Crippen LogP contribution in [-0.4, -0.2) is 16.0 Å². The summed E-state index contributed by atoms with van der Waals surface area (Å²) in [5, 5.41) is 4.28. The molecule has 0 aliphatic heterocycles. The van der Waals surface area contributed by atoms with E-state index in [0.29, 0.717) is 6.04 Å². The van der Waals surface area contributed by atoms with E-state index < -0.39 is 0 Å². The molecule has 0 amide bonds. The number of nitrogens with zero attached hydrogens (tertiary/aromatic N) is 2. The Hall–Kier alpha value is -1.84. The van der Waals surface area contributed by atoms with Gasteiger partial charge in [0.2, 0.25) is 0 Å². The highest BCUT2D eigenvalue weighted by Gasteiger charge is 2.04. The first-order valence-corrected chi connectivity index (χ1v) is 4.93. The van der Waals surface area contributed by atoms with Gasteiger partial charge in [-0.25, -0.2) is 9.97 Å². The zero-order valence-corrected chi connectivity index (χ0v) is 8.86. The summed E-state index contributed by atoms with van der Waals surface area (Å²) in [6.07, 6.45) is 1.55. The number of nitrogens with one attached hydrogen (secondary N) is 1. The minimum atomic E-state index is 0.348. The smallest absolute Gasteiger partial charge is 0.137 e. The van der Waals surface area contributed by atoms with E-state index in [1.165, 1.54) is 0 Å². The number of fused-ring (bicyclic) bond motifs is 1. The standard InChI is InChI=1S/C11H14N4/c1-7(2)15-11-9-4-3-8(12)5-10(9)13-6-14-11/h3-7H,12H2,1-2H3,(H,13,14,15). The zero-order chi connectivity index (χ0) is 10.8. The van der Waals surface area contributed by atoms with Gasteiger partial charge in [0.1, 0.15) is 12.1 Å². The maximum absolute atomic E-state index is 5.69. The molecule has 1 aromatic heterocycles. The Morgan fingerprint density at radius 1 is 1.27 bits per heavy atom. The summed E-state index contributed by atoms with van der Waals surface area (Å²) < 4.78 is 0. The molecule has 0 aliphatic rings. The molecule has 0 radical (unpaired) electrons. The molecule has 4 nitrogen and oxygen atoms in total. The summed E-state index contributed by atoms with van der Waals surface area (Å²) in [5.41, 5.74) is 7.28. The number of anilines is 2. The van der Waals surface area contributed by atoms with Gasteiger partial charge in [-0.2, -0.15) is 0 Å². The van der Waals surface area contributed by atoms with E-state index in [1.54, 1.807) is 6.33 Å². The molecule has 0 saturated carbocycles. The van der Waals surface area contributed by atoms with E-state index in [0.717, 1.165) is 22.4 Å². The zero-order valence-electron chi connectivity index (χ0n) is 8.86. The molecular weight excluding hydrogens is 188 g/mol. The van der Waals surface area contributed by atoms with Gasteiger partial charge in [-0.1, -0.05) is 0 Å². The fourth-order valence-electron chi connectivity index (χ4n) is 1.46. The molecule has 2 aromatic rings. The Kier molecular flexibility index (Phi) is 2.41. The maximum Gasteiger partial charge on any atom is 0.137 e. The van der Waals surface area contributed by atoms with E-state index in [4.69, 9.17) is 5.73 Å². The SMILES string of the molecule is CC(C)Nc1ncnc2cc(N)ccc12. The lowest BCUT2D eigenvalue weighted by atomic mass is 10.2. The molecule has 15 heavy (non-hydrogen) atoms. The first-order valence-electron chi connectivity index (χ1n) is 4.93. The van der Waals surface area contributed by atoms with Gasteiger partial charge in [0.15, 0.2) is 0 Å². The number of rotatable bonds is 2. The van der Waals surface area contributed by atoms with Gasteiger partial charge in [0, 0.05) is 17.1 Å². The second kappa shape index (κ2) is 3.73. The lowest BCUT2D eigenvalue weighted by Crippen LogP contribution is -2.11. The van der Waals surface area contributed by atoms with Gasteiger partial charge < -0.3 is 11.1 Å². The number of aromatic nitrogens is 2. The van der Waals surface area contributed by atoms with Crippen LogP contribution >= 0.6 is 0 Å². The van der Waals surface area contributed by atoms with Crippen molar-refractivity contribution in [2.45, 2.75) is 19.9 Å². The predicted octanol–water partition coefficient (Wildman–Crippen LogP) is 2.03. The van der Waals surface area contributed by atoms with Crippen molar-refractivity contribution in [3.63, 3.8) is 0 Å². The van der Waals surface area contributed by atoms with Gasteiger partial charge in [0.05, 0.1) is 5.52 Å². The fourth-order valence-corrected chi connectivity index (χ4v) is 1.46. The van der Waals surface area contributed by atoms with Crippen molar-refractivity contribution in [2.24, 2.45) is 0 Å². The lowest BCUT2D eigenvalue weighted by molar-refractivity contribution is 0.890. The Balaban J connectivity index is 2.56. The van der Waals surface area contributed by atoms with Crippen LogP contribution in [0.25, 0.3) is 10.9 Å². The van der Waals surface area contributed by atoms with Crippen molar-refractivity contribution in [3.8, 4) is 0 Å². The molecule has 0 bridgehead atoms. The average molecular weight is 202 g/mol. The van der Waals surface area contributed by atoms with Crippen LogP contribution in [0.15, 0.2) is 24.5 Å². The first kappa shape index (κ1) is 9.71. The highest BCUT2D eigenvalue weighted by molar-refractivity contribution is 5.90. The molecule has 0 atom stereocenters. The molecule has 2 rings (SSSR count). The van der Waals surface area contributed by atoms with Gasteiger partial charge in [-0.3, -0.25) is 0 Å². The molecule has 0 spiro atoms. The molecule has 0 aliphatic carbocycles. The van der Waals surface area contributed by atoms with Crippen molar-refractivity contribution in [1.29, 1.82) is 0 Å². The van der Waals surface area contributed by atoms with Crippen LogP contribution in [0.4, 0.5) is 11.5 Å². The Bertz CT molecular complexity index is 479. The van der Waals surface area contributed by atoms with Crippen molar-refractivity contribution in [2.75, 3.05) is 11.1 Å². The normalized spacial score (nSPS) is 10.9. The van der Waals surface area contributed by atoms with E-state index in [2.05, 4.69) is 29.1 Å². The number of benzene rings is 1. The van der Waals surface area contributed by atoms with Crippen LogP contribution in [0.5, 0.6) is 0 Å². The van der Waals surface area contributed by atoms with Crippen LogP contribution < -0.4 is 11.1 Å². The fraction of sp³-hybridized carbons (Fsp3) is 0.273. The summed E-state index contributed by atoms with van der Waals surface area (Å²) >= 11 is 0. The van der Waals surface area contributed by atoms with Crippen molar-refractivity contribution in [3.05, 3.63) is 24.5 Å². The average Bonchev–Trinajstić information content (AvgIpc) is 2.16. The van der Waals surface area contributed by atoms with E-state index in [1.807, 2.05) is 18.2 Å². The molecule has 0 unspecified atom stereocenters. The molecule has 78 valence electrons. The third kappa shape index (κ3) is 1.98. The second-order valence-corrected chi connectivity index (χ2v) is 3.80. The molecular formula is C11H14N4. The third-order valence-electron chi connectivity index (χ3n) is 2.09. The number of nitrogen functional groups attached to an aromatic ring is 1. The predicted molar refractivity (Wildman–Crippen MR) is 62.7 cm³/mol. The van der Waals surface area contributed by atoms with Gasteiger partial charge in [-0.15, -0.1) is 0 Å². The number of hydrogen-bond acceptors (Lipinski definition) is 4. The van der Waals surface area contributed by atoms with E-state index in [-0.39, 0.29) is 0 Å². The molecule has 3 N–H and O–H groups in total. The van der Waals surface area contributed by atoms with Crippen LogP contribution in [0.3, 0.4) is 0 Å².